The number of carbonyl (C=O) groups excluding carboxylic acids is 1. The van der Waals surface area contributed by atoms with Gasteiger partial charge in [0.25, 0.3) is 0 Å². The lowest BCUT2D eigenvalue weighted by Crippen LogP contribution is -2.40. The molecule has 1 heterocycles. The maximum Gasteiger partial charge on any atom is 0.138 e. The van der Waals surface area contributed by atoms with Crippen molar-refractivity contribution >= 4 is 29.0 Å². The molecule has 1 aliphatic rings. The molecule has 0 aromatic heterocycles. The van der Waals surface area contributed by atoms with E-state index in [1.54, 1.807) is 0 Å². The molecule has 1 saturated heterocycles. The number of carbonyl (C=O) groups is 1. The summed E-state index contributed by atoms with van der Waals surface area (Å²) in [7, 11) is 0. The number of nitrogens with zero attached hydrogens (tertiary/aromatic N) is 1. The highest BCUT2D eigenvalue weighted by molar-refractivity contribution is 6.42. The van der Waals surface area contributed by atoms with Crippen LogP contribution in [0.1, 0.15) is 25.3 Å². The summed E-state index contributed by atoms with van der Waals surface area (Å²) in [5, 5.41) is 1.18. The first-order valence-corrected chi connectivity index (χ1v) is 7.04. The molecule has 0 saturated carbocycles. The van der Waals surface area contributed by atoms with Gasteiger partial charge in [-0.25, -0.2) is 0 Å². The molecule has 18 heavy (non-hydrogen) atoms. The number of hydrogen-bond acceptors (Lipinski definition) is 2. The molecule has 0 radical (unpaired) electrons. The molecule has 1 unspecified atom stereocenters. The van der Waals surface area contributed by atoms with Crippen LogP contribution in [0.2, 0.25) is 10.0 Å². The van der Waals surface area contributed by atoms with E-state index in [1.165, 1.54) is 0 Å². The molecule has 2 nitrogen and oxygen atoms in total. The van der Waals surface area contributed by atoms with Crippen LogP contribution in [0, 0.1) is 5.92 Å². The van der Waals surface area contributed by atoms with Crippen LogP contribution < -0.4 is 0 Å². The Balaban J connectivity index is 2.01. The van der Waals surface area contributed by atoms with Crippen LogP contribution >= 0.6 is 23.2 Å². The maximum absolute atomic E-state index is 11.7. The molecule has 4 heteroatoms. The van der Waals surface area contributed by atoms with E-state index in [2.05, 4.69) is 11.8 Å². The Labute approximate surface area is 118 Å². The molecule has 0 N–H and O–H groups in total. The van der Waals surface area contributed by atoms with E-state index >= 15 is 0 Å². The highest BCUT2D eigenvalue weighted by Gasteiger charge is 2.25. The van der Waals surface area contributed by atoms with E-state index in [0.29, 0.717) is 22.2 Å². The zero-order valence-corrected chi connectivity index (χ0v) is 12.0. The van der Waals surface area contributed by atoms with Gasteiger partial charge < -0.3 is 0 Å². The summed E-state index contributed by atoms with van der Waals surface area (Å²) in [4.78, 5) is 14.0. The Kier molecular flexibility index (Phi) is 4.66. The fourth-order valence-electron chi connectivity index (χ4n) is 2.37. The molecule has 1 aliphatic heterocycles. The lowest BCUT2D eigenvalue weighted by atomic mass is 9.94. The van der Waals surface area contributed by atoms with Crippen molar-refractivity contribution < 1.29 is 4.79 Å². The van der Waals surface area contributed by atoms with E-state index in [4.69, 9.17) is 23.2 Å². The zero-order chi connectivity index (χ0) is 13.1. The molecule has 0 amide bonds. The van der Waals surface area contributed by atoms with E-state index in [9.17, 15) is 4.79 Å². The predicted octanol–water partition coefficient (Wildman–Crippen LogP) is 3.79. The quantitative estimate of drug-likeness (QED) is 0.842. The second-order valence-corrected chi connectivity index (χ2v) is 5.62. The van der Waals surface area contributed by atoms with Crippen molar-refractivity contribution in [1.82, 2.24) is 4.90 Å². The lowest BCUT2D eigenvalue weighted by Gasteiger charge is -2.31. The Morgan fingerprint density at radius 2 is 2.11 bits per heavy atom. The van der Waals surface area contributed by atoms with Crippen molar-refractivity contribution in [3.63, 3.8) is 0 Å². The van der Waals surface area contributed by atoms with Gasteiger partial charge in [-0.05, 0) is 24.1 Å². The van der Waals surface area contributed by atoms with E-state index in [-0.39, 0.29) is 5.92 Å². The molecular formula is C14H17Cl2NO. The van der Waals surface area contributed by atoms with Gasteiger partial charge in [-0.2, -0.15) is 0 Å². The summed E-state index contributed by atoms with van der Waals surface area (Å²) < 4.78 is 0. The summed E-state index contributed by atoms with van der Waals surface area (Å²) in [6.45, 7) is 4.61. The largest absolute Gasteiger partial charge is 0.299 e. The lowest BCUT2D eigenvalue weighted by molar-refractivity contribution is -0.126. The van der Waals surface area contributed by atoms with Crippen LogP contribution in [-0.4, -0.2) is 23.8 Å². The van der Waals surface area contributed by atoms with Crippen LogP contribution in [0.4, 0.5) is 0 Å². The first-order chi connectivity index (χ1) is 8.60. The van der Waals surface area contributed by atoms with Gasteiger partial charge in [-0.1, -0.05) is 36.2 Å². The van der Waals surface area contributed by atoms with E-state index < -0.39 is 0 Å². The van der Waals surface area contributed by atoms with Crippen molar-refractivity contribution in [3.05, 3.63) is 33.8 Å². The predicted molar refractivity (Wildman–Crippen MR) is 75.1 cm³/mol. The van der Waals surface area contributed by atoms with Gasteiger partial charge >= 0.3 is 0 Å². The Hall–Kier alpha value is -0.570. The normalized spacial score (nSPS) is 21.3. The van der Waals surface area contributed by atoms with Crippen LogP contribution in [-0.2, 0) is 11.3 Å². The molecule has 1 fully saturated rings. The van der Waals surface area contributed by atoms with Crippen LogP contribution in [0.3, 0.4) is 0 Å². The highest BCUT2D eigenvalue weighted by atomic mass is 35.5. The number of benzene rings is 1. The minimum atomic E-state index is 0.196. The van der Waals surface area contributed by atoms with Gasteiger partial charge in [-0.3, -0.25) is 9.69 Å². The molecule has 98 valence electrons. The summed E-state index contributed by atoms with van der Waals surface area (Å²) in [6, 6.07) is 5.72. The van der Waals surface area contributed by atoms with Crippen LogP contribution in [0.25, 0.3) is 0 Å². The number of Topliss-reactive ketones (excluding diaryl/α,β-unsaturated/α-hetero) is 1. The third-order valence-electron chi connectivity index (χ3n) is 3.49. The summed E-state index contributed by atoms with van der Waals surface area (Å²) in [5.41, 5.74) is 1.15. The van der Waals surface area contributed by atoms with Gasteiger partial charge in [0.15, 0.2) is 0 Å². The van der Waals surface area contributed by atoms with Crippen LogP contribution in [0.15, 0.2) is 18.2 Å². The third kappa shape index (κ3) is 3.25. The van der Waals surface area contributed by atoms with Gasteiger partial charge in [0.2, 0.25) is 0 Å². The second-order valence-electron chi connectivity index (χ2n) is 4.81. The van der Waals surface area contributed by atoms with Gasteiger partial charge in [-0.15, -0.1) is 0 Å². The molecule has 1 aromatic carbocycles. The first kappa shape index (κ1) is 13.9. The molecule has 2 rings (SSSR count). The number of piperidine rings is 1. The number of rotatable bonds is 3. The molecule has 1 aromatic rings. The summed E-state index contributed by atoms with van der Waals surface area (Å²) >= 11 is 11.9. The minimum Gasteiger partial charge on any atom is -0.299 e. The van der Waals surface area contributed by atoms with E-state index in [1.807, 2.05) is 18.2 Å². The second kappa shape index (κ2) is 6.05. The van der Waals surface area contributed by atoms with E-state index in [0.717, 1.165) is 31.6 Å². The standard InChI is InChI=1S/C14H17Cl2NO/c1-2-11-9-17(6-5-14(11)18)8-10-3-4-12(15)13(16)7-10/h3-4,7,11H,2,5-6,8-9H2,1H3. The first-order valence-electron chi connectivity index (χ1n) is 6.29. The molecule has 0 spiro atoms. The summed E-state index contributed by atoms with van der Waals surface area (Å²) in [5.74, 6) is 0.601. The minimum absolute atomic E-state index is 0.196. The number of ketones is 1. The van der Waals surface area contributed by atoms with Crippen molar-refractivity contribution in [2.75, 3.05) is 13.1 Å². The molecular weight excluding hydrogens is 269 g/mol. The monoisotopic (exact) mass is 285 g/mol. The number of halogens is 2. The van der Waals surface area contributed by atoms with Gasteiger partial charge in [0.1, 0.15) is 5.78 Å². The smallest absolute Gasteiger partial charge is 0.138 e. The maximum atomic E-state index is 11.7. The molecule has 0 aliphatic carbocycles. The number of hydrogen-bond donors (Lipinski definition) is 0. The van der Waals surface area contributed by atoms with Crippen molar-refractivity contribution in [1.29, 1.82) is 0 Å². The summed E-state index contributed by atoms with van der Waals surface area (Å²) in [6.07, 6.45) is 1.59. The van der Waals surface area contributed by atoms with Crippen molar-refractivity contribution in [3.8, 4) is 0 Å². The fourth-order valence-corrected chi connectivity index (χ4v) is 2.69. The Morgan fingerprint density at radius 1 is 1.33 bits per heavy atom. The van der Waals surface area contributed by atoms with Crippen molar-refractivity contribution in [2.45, 2.75) is 26.3 Å². The molecule has 0 bridgehead atoms. The van der Waals surface area contributed by atoms with Crippen LogP contribution in [0.5, 0.6) is 0 Å². The molecule has 1 atom stereocenters. The fraction of sp³-hybridized carbons (Fsp3) is 0.500. The van der Waals surface area contributed by atoms with Gasteiger partial charge in [0, 0.05) is 32.0 Å². The average molecular weight is 286 g/mol. The Bertz CT molecular complexity index is 447. The Morgan fingerprint density at radius 3 is 2.78 bits per heavy atom. The number of likely N-dealkylation sites (tertiary alicyclic amines) is 1. The SMILES string of the molecule is CCC1CN(Cc2ccc(Cl)c(Cl)c2)CCC1=O. The van der Waals surface area contributed by atoms with Crippen molar-refractivity contribution in [2.24, 2.45) is 5.92 Å². The third-order valence-corrected chi connectivity index (χ3v) is 4.23. The topological polar surface area (TPSA) is 20.3 Å². The van der Waals surface area contributed by atoms with Gasteiger partial charge in [0.05, 0.1) is 10.0 Å². The average Bonchev–Trinajstić information content (AvgIpc) is 2.36. The highest BCUT2D eigenvalue weighted by Crippen LogP contribution is 2.24. The zero-order valence-electron chi connectivity index (χ0n) is 10.5.